The molecule has 2 aliphatic rings. The highest BCUT2D eigenvalue weighted by atomic mass is 16.5. The average molecular weight is 431 g/mol. The third kappa shape index (κ3) is 3.36. The number of aromatic nitrogens is 1. The Balaban J connectivity index is 1.60. The maximum Gasteiger partial charge on any atom is 0.233 e. The third-order valence-corrected chi connectivity index (χ3v) is 6.37. The summed E-state index contributed by atoms with van der Waals surface area (Å²) in [6.45, 7) is 4.43. The third-order valence-electron chi connectivity index (χ3n) is 6.37. The van der Waals surface area contributed by atoms with E-state index in [4.69, 9.17) is 14.0 Å². The Morgan fingerprint density at radius 3 is 2.66 bits per heavy atom. The lowest BCUT2D eigenvalue weighted by molar-refractivity contribution is -0.116. The van der Waals surface area contributed by atoms with Crippen molar-refractivity contribution < 1.29 is 18.8 Å². The maximum absolute atomic E-state index is 13.6. The first-order chi connectivity index (χ1) is 15.6. The SMILES string of the molecule is CCOc1ccccc1[C@H]1C2=C(C[C@@H](c3ccc(OC)cc3)CC2=O)Nc2onc(C)c21. The number of anilines is 1. The van der Waals surface area contributed by atoms with Gasteiger partial charge in [-0.25, -0.2) is 0 Å². The number of methoxy groups -OCH3 is 1. The first-order valence-electron chi connectivity index (χ1n) is 11.0. The van der Waals surface area contributed by atoms with Gasteiger partial charge in [-0.2, -0.15) is 0 Å². The summed E-state index contributed by atoms with van der Waals surface area (Å²) in [7, 11) is 1.65. The fourth-order valence-electron chi connectivity index (χ4n) is 4.90. The number of hydrogen-bond donors (Lipinski definition) is 1. The van der Waals surface area contributed by atoms with Gasteiger partial charge in [0.15, 0.2) is 5.78 Å². The van der Waals surface area contributed by atoms with Crippen LogP contribution in [0, 0.1) is 6.92 Å². The van der Waals surface area contributed by atoms with E-state index >= 15 is 0 Å². The first-order valence-corrected chi connectivity index (χ1v) is 11.0. The number of carbonyl (C=O) groups excluding carboxylic acids is 1. The van der Waals surface area contributed by atoms with Crippen molar-refractivity contribution in [2.45, 2.75) is 38.5 Å². The van der Waals surface area contributed by atoms with Crippen molar-refractivity contribution in [1.82, 2.24) is 5.16 Å². The van der Waals surface area contributed by atoms with E-state index in [1.54, 1.807) is 7.11 Å². The molecule has 0 spiro atoms. The van der Waals surface area contributed by atoms with E-state index in [2.05, 4.69) is 10.5 Å². The second kappa shape index (κ2) is 8.19. The molecule has 6 heteroatoms. The van der Waals surface area contributed by atoms with Gasteiger partial charge in [-0.1, -0.05) is 35.5 Å². The summed E-state index contributed by atoms with van der Waals surface area (Å²) in [4.78, 5) is 13.6. The van der Waals surface area contributed by atoms with Gasteiger partial charge in [0, 0.05) is 23.3 Å². The van der Waals surface area contributed by atoms with Crippen LogP contribution in [0.1, 0.15) is 54.0 Å². The van der Waals surface area contributed by atoms with Crippen LogP contribution in [0.5, 0.6) is 11.5 Å². The molecule has 3 aromatic rings. The number of ether oxygens (including phenoxy) is 2. The monoisotopic (exact) mass is 430 g/mol. The highest BCUT2D eigenvalue weighted by molar-refractivity contribution is 6.01. The zero-order chi connectivity index (χ0) is 22.2. The maximum atomic E-state index is 13.6. The van der Waals surface area contributed by atoms with Crippen LogP contribution in [0.25, 0.3) is 0 Å². The molecule has 2 aromatic carbocycles. The standard InChI is InChI=1S/C26H26N2O4/c1-4-31-22-8-6-5-7-19(22)24-23-15(2)28-32-26(23)27-20-13-17(14-21(29)25(20)24)16-9-11-18(30-3)12-10-16/h5-12,17,24,27H,4,13-14H2,1-3H3/t17-,24-/m1/s1. The summed E-state index contributed by atoms with van der Waals surface area (Å²) in [5.74, 6) is 2.17. The topological polar surface area (TPSA) is 73.6 Å². The van der Waals surface area contributed by atoms with Gasteiger partial charge in [0.2, 0.25) is 5.88 Å². The number of benzene rings is 2. The van der Waals surface area contributed by atoms with Crippen LogP contribution in [-0.2, 0) is 4.79 Å². The number of rotatable bonds is 5. The highest BCUT2D eigenvalue weighted by Gasteiger charge is 2.42. The largest absolute Gasteiger partial charge is 0.497 e. The van der Waals surface area contributed by atoms with Crippen LogP contribution in [-0.4, -0.2) is 24.7 Å². The van der Waals surface area contributed by atoms with Gasteiger partial charge < -0.3 is 19.3 Å². The summed E-state index contributed by atoms with van der Waals surface area (Å²) < 4.78 is 16.8. The van der Waals surface area contributed by atoms with Gasteiger partial charge in [0.25, 0.3) is 0 Å². The van der Waals surface area contributed by atoms with E-state index in [0.29, 0.717) is 18.9 Å². The quantitative estimate of drug-likeness (QED) is 0.588. The molecule has 0 amide bonds. The van der Waals surface area contributed by atoms with Gasteiger partial charge in [-0.15, -0.1) is 0 Å². The van der Waals surface area contributed by atoms with Crippen molar-refractivity contribution in [2.24, 2.45) is 0 Å². The summed E-state index contributed by atoms with van der Waals surface area (Å²) in [5, 5.41) is 7.59. The van der Waals surface area contributed by atoms with Gasteiger partial charge in [-0.05, 0) is 49.9 Å². The molecule has 1 aliphatic heterocycles. The van der Waals surface area contributed by atoms with Crippen molar-refractivity contribution in [3.05, 3.63) is 82.2 Å². The minimum Gasteiger partial charge on any atom is -0.497 e. The van der Waals surface area contributed by atoms with Gasteiger partial charge in [0.05, 0.1) is 30.9 Å². The molecule has 164 valence electrons. The zero-order valence-corrected chi connectivity index (χ0v) is 18.5. The Bertz CT molecular complexity index is 1190. The van der Waals surface area contributed by atoms with Crippen LogP contribution < -0.4 is 14.8 Å². The van der Waals surface area contributed by atoms with Crippen LogP contribution in [0.4, 0.5) is 5.88 Å². The van der Waals surface area contributed by atoms with Crippen LogP contribution >= 0.6 is 0 Å². The number of allylic oxidation sites excluding steroid dienone is 2. The number of Topliss-reactive ketones (excluding diaryl/α,β-unsaturated/α-hetero) is 1. The number of aryl methyl sites for hydroxylation is 1. The lowest BCUT2D eigenvalue weighted by atomic mass is 9.72. The predicted molar refractivity (Wildman–Crippen MR) is 121 cm³/mol. The molecular formula is C26H26N2O4. The fourth-order valence-corrected chi connectivity index (χ4v) is 4.90. The van der Waals surface area contributed by atoms with Crippen LogP contribution in [0.3, 0.4) is 0 Å². The molecule has 2 atom stereocenters. The fraction of sp³-hybridized carbons (Fsp3) is 0.308. The van der Waals surface area contributed by atoms with Crippen LogP contribution in [0.2, 0.25) is 0 Å². The number of fused-ring (bicyclic) bond motifs is 1. The van der Waals surface area contributed by atoms with Crippen molar-refractivity contribution in [1.29, 1.82) is 0 Å². The van der Waals surface area contributed by atoms with E-state index in [-0.39, 0.29) is 17.6 Å². The Labute approximate surface area is 187 Å². The summed E-state index contributed by atoms with van der Waals surface area (Å²) >= 11 is 0. The smallest absolute Gasteiger partial charge is 0.233 e. The molecule has 6 nitrogen and oxygen atoms in total. The molecule has 0 bridgehead atoms. The van der Waals surface area contributed by atoms with Gasteiger partial charge >= 0.3 is 0 Å². The van der Waals surface area contributed by atoms with Gasteiger partial charge in [0.1, 0.15) is 11.5 Å². The number of hydrogen-bond acceptors (Lipinski definition) is 6. The van der Waals surface area contributed by atoms with Crippen LogP contribution in [0.15, 0.2) is 64.3 Å². The zero-order valence-electron chi connectivity index (χ0n) is 18.5. The normalized spacial score (nSPS) is 19.8. The van der Waals surface area contributed by atoms with Crippen molar-refractivity contribution in [2.75, 3.05) is 19.0 Å². The molecule has 32 heavy (non-hydrogen) atoms. The van der Waals surface area contributed by atoms with Gasteiger partial charge in [-0.3, -0.25) is 4.79 Å². The number of nitrogens with one attached hydrogen (secondary N) is 1. The van der Waals surface area contributed by atoms with E-state index in [1.165, 1.54) is 0 Å². The lowest BCUT2D eigenvalue weighted by Crippen LogP contribution is -2.29. The highest BCUT2D eigenvalue weighted by Crippen LogP contribution is 2.50. The number of carbonyl (C=O) groups is 1. The molecule has 0 saturated carbocycles. The first kappa shape index (κ1) is 20.4. The molecular weight excluding hydrogens is 404 g/mol. The van der Waals surface area contributed by atoms with Crippen molar-refractivity contribution in [3.63, 3.8) is 0 Å². The second-order valence-corrected chi connectivity index (χ2v) is 8.23. The summed E-state index contributed by atoms with van der Waals surface area (Å²) in [6.07, 6.45) is 1.18. The Kier molecular flexibility index (Phi) is 5.21. The molecule has 1 N–H and O–H groups in total. The number of para-hydroxylation sites is 1. The molecule has 1 aromatic heterocycles. The molecule has 1 aliphatic carbocycles. The lowest BCUT2D eigenvalue weighted by Gasteiger charge is -2.35. The Morgan fingerprint density at radius 1 is 1.12 bits per heavy atom. The Hall–Kier alpha value is -3.54. The number of ketones is 1. The number of nitrogens with zero attached hydrogens (tertiary/aromatic N) is 1. The summed E-state index contributed by atoms with van der Waals surface area (Å²) in [5.41, 5.74) is 5.47. The minimum atomic E-state index is -0.264. The van der Waals surface area contributed by atoms with E-state index < -0.39 is 0 Å². The second-order valence-electron chi connectivity index (χ2n) is 8.23. The van der Waals surface area contributed by atoms with Crippen molar-refractivity contribution in [3.8, 4) is 11.5 Å². The molecule has 0 radical (unpaired) electrons. The van der Waals surface area contributed by atoms with E-state index in [1.807, 2.05) is 62.4 Å². The molecule has 5 rings (SSSR count). The molecule has 0 fully saturated rings. The Morgan fingerprint density at radius 2 is 1.91 bits per heavy atom. The average Bonchev–Trinajstić information content (AvgIpc) is 3.18. The molecule has 0 unspecified atom stereocenters. The van der Waals surface area contributed by atoms with E-state index in [9.17, 15) is 4.79 Å². The van der Waals surface area contributed by atoms with Crippen molar-refractivity contribution >= 4 is 11.7 Å². The predicted octanol–water partition coefficient (Wildman–Crippen LogP) is 5.35. The van der Waals surface area contributed by atoms with E-state index in [0.717, 1.165) is 51.6 Å². The summed E-state index contributed by atoms with van der Waals surface area (Å²) in [6, 6.07) is 15.9. The minimum absolute atomic E-state index is 0.0908. The molecule has 2 heterocycles. The molecule has 0 saturated heterocycles.